The Kier molecular flexibility index (Phi) is 4.84. The molecule has 0 saturated heterocycles. The summed E-state index contributed by atoms with van der Waals surface area (Å²) in [7, 11) is 0. The molecule has 0 bridgehead atoms. The molecule has 19 heavy (non-hydrogen) atoms. The van der Waals surface area contributed by atoms with Crippen molar-refractivity contribution in [3.63, 3.8) is 0 Å². The van der Waals surface area contributed by atoms with E-state index in [1.54, 1.807) is 6.92 Å². The summed E-state index contributed by atoms with van der Waals surface area (Å²) in [5, 5.41) is 8.77. The lowest BCUT2D eigenvalue weighted by molar-refractivity contribution is -0.142. The number of carbonyl (C=O) groups is 1. The fourth-order valence-electron chi connectivity index (χ4n) is 1.55. The summed E-state index contributed by atoms with van der Waals surface area (Å²) in [5.41, 5.74) is -1.39. The van der Waals surface area contributed by atoms with Crippen molar-refractivity contribution in [2.45, 2.75) is 24.4 Å². The maximum atomic E-state index is 12.7. The zero-order valence-electron chi connectivity index (χ0n) is 9.91. The van der Waals surface area contributed by atoms with Crippen LogP contribution in [0.5, 0.6) is 0 Å². The first-order valence-corrected chi connectivity index (χ1v) is 5.73. The Morgan fingerprint density at radius 2 is 2.11 bits per heavy atom. The van der Waals surface area contributed by atoms with Crippen LogP contribution in [0.1, 0.15) is 23.6 Å². The Morgan fingerprint density at radius 3 is 2.58 bits per heavy atom. The van der Waals surface area contributed by atoms with Gasteiger partial charge in [0.1, 0.15) is 0 Å². The molecular weight excluding hydrogens is 279 g/mol. The van der Waals surface area contributed by atoms with Gasteiger partial charge in [0, 0.05) is 4.90 Å². The van der Waals surface area contributed by atoms with Crippen molar-refractivity contribution < 1.29 is 22.7 Å². The highest BCUT2D eigenvalue weighted by molar-refractivity contribution is 7.80. The molecule has 3 nitrogen and oxygen atoms in total. The highest BCUT2D eigenvalue weighted by atomic mass is 32.1. The quantitative estimate of drug-likeness (QED) is 0.687. The van der Waals surface area contributed by atoms with E-state index < -0.39 is 23.3 Å². The van der Waals surface area contributed by atoms with E-state index >= 15 is 0 Å². The fourth-order valence-corrected chi connectivity index (χ4v) is 1.96. The second-order valence-electron chi connectivity index (χ2n) is 3.63. The van der Waals surface area contributed by atoms with E-state index in [-0.39, 0.29) is 23.5 Å². The first-order valence-electron chi connectivity index (χ1n) is 5.28. The number of nitriles is 1. The van der Waals surface area contributed by atoms with E-state index in [1.165, 1.54) is 6.07 Å². The Hall–Kier alpha value is -1.68. The molecule has 0 aromatic heterocycles. The van der Waals surface area contributed by atoms with E-state index in [0.29, 0.717) is 0 Å². The van der Waals surface area contributed by atoms with Gasteiger partial charge in [0.2, 0.25) is 0 Å². The number of carbonyl (C=O) groups excluding carboxylic acids is 1. The number of hydrogen-bond acceptors (Lipinski definition) is 4. The number of alkyl halides is 3. The minimum Gasteiger partial charge on any atom is -0.466 e. The molecule has 7 heteroatoms. The van der Waals surface area contributed by atoms with Crippen molar-refractivity contribution in [1.82, 2.24) is 0 Å². The molecule has 0 spiro atoms. The van der Waals surface area contributed by atoms with Crippen LogP contribution in [-0.2, 0) is 22.1 Å². The Bertz CT molecular complexity index is 535. The van der Waals surface area contributed by atoms with Crippen molar-refractivity contribution in [3.8, 4) is 6.07 Å². The number of ether oxygens (including phenoxy) is 1. The lowest BCUT2D eigenvalue weighted by Crippen LogP contribution is -2.12. The van der Waals surface area contributed by atoms with Gasteiger partial charge in [-0.25, -0.2) is 0 Å². The largest absolute Gasteiger partial charge is 0.466 e. The topological polar surface area (TPSA) is 50.1 Å². The zero-order chi connectivity index (χ0) is 14.6. The monoisotopic (exact) mass is 289 g/mol. The van der Waals surface area contributed by atoms with Crippen molar-refractivity contribution in [1.29, 1.82) is 5.26 Å². The third kappa shape index (κ3) is 3.89. The third-order valence-electron chi connectivity index (χ3n) is 2.24. The summed E-state index contributed by atoms with van der Waals surface area (Å²) in [5.74, 6) is -0.570. The third-order valence-corrected chi connectivity index (χ3v) is 2.59. The van der Waals surface area contributed by atoms with Gasteiger partial charge in [-0.15, -0.1) is 12.6 Å². The second-order valence-corrected chi connectivity index (χ2v) is 4.11. The molecule has 0 radical (unpaired) electrons. The van der Waals surface area contributed by atoms with Gasteiger partial charge in [-0.2, -0.15) is 18.4 Å². The summed E-state index contributed by atoms with van der Waals surface area (Å²) in [6.07, 6.45) is -4.86. The Labute approximate surface area is 113 Å². The molecule has 0 atom stereocenters. The molecule has 0 heterocycles. The van der Waals surface area contributed by atoms with Crippen molar-refractivity contribution in [3.05, 3.63) is 28.8 Å². The minimum atomic E-state index is -4.66. The van der Waals surface area contributed by atoms with Crippen LogP contribution in [0.4, 0.5) is 13.2 Å². The molecular formula is C12H10F3NO2S. The average molecular weight is 289 g/mol. The number of esters is 1. The first kappa shape index (κ1) is 15.4. The second kappa shape index (κ2) is 5.97. The van der Waals surface area contributed by atoms with E-state index in [9.17, 15) is 18.0 Å². The van der Waals surface area contributed by atoms with Crippen LogP contribution >= 0.6 is 12.6 Å². The van der Waals surface area contributed by atoms with E-state index in [2.05, 4.69) is 17.4 Å². The van der Waals surface area contributed by atoms with E-state index in [0.717, 1.165) is 12.1 Å². The predicted octanol–water partition coefficient (Wildman–Crippen LogP) is 2.97. The van der Waals surface area contributed by atoms with Crippen LogP contribution < -0.4 is 0 Å². The lowest BCUT2D eigenvalue weighted by Gasteiger charge is -2.13. The van der Waals surface area contributed by atoms with Crippen molar-refractivity contribution in [2.24, 2.45) is 0 Å². The number of rotatable bonds is 3. The summed E-state index contributed by atoms with van der Waals surface area (Å²) in [6.45, 7) is 1.80. The molecule has 0 amide bonds. The van der Waals surface area contributed by atoms with Gasteiger partial charge in [0.25, 0.3) is 0 Å². The van der Waals surface area contributed by atoms with Crippen LogP contribution in [0.25, 0.3) is 0 Å². The summed E-state index contributed by atoms with van der Waals surface area (Å²) in [6, 6.07) is 3.61. The smallest absolute Gasteiger partial charge is 0.418 e. The van der Waals surface area contributed by atoms with Crippen LogP contribution in [-0.4, -0.2) is 12.6 Å². The molecule has 0 fully saturated rings. The number of benzene rings is 1. The number of nitrogens with zero attached hydrogens (tertiary/aromatic N) is 1. The maximum absolute atomic E-state index is 12.7. The Morgan fingerprint density at radius 1 is 1.47 bits per heavy atom. The van der Waals surface area contributed by atoms with Crippen molar-refractivity contribution in [2.75, 3.05) is 6.61 Å². The highest BCUT2D eigenvalue weighted by Crippen LogP contribution is 2.37. The van der Waals surface area contributed by atoms with Gasteiger partial charge in [-0.3, -0.25) is 4.79 Å². The van der Waals surface area contributed by atoms with Crippen molar-refractivity contribution >= 4 is 18.6 Å². The molecule has 0 aliphatic heterocycles. The van der Waals surface area contributed by atoms with Gasteiger partial charge in [0.15, 0.2) is 0 Å². The normalized spacial score (nSPS) is 10.9. The van der Waals surface area contributed by atoms with Gasteiger partial charge in [0.05, 0.1) is 30.2 Å². The molecule has 0 aliphatic carbocycles. The molecule has 1 aromatic carbocycles. The Balaban J connectivity index is 3.18. The number of halogens is 3. The van der Waals surface area contributed by atoms with Crippen LogP contribution in [0.3, 0.4) is 0 Å². The summed E-state index contributed by atoms with van der Waals surface area (Å²) in [4.78, 5) is 10.9. The van der Waals surface area contributed by atoms with E-state index in [1.807, 2.05) is 0 Å². The van der Waals surface area contributed by atoms with Gasteiger partial charge >= 0.3 is 12.1 Å². The number of thiol groups is 1. The molecule has 0 saturated carbocycles. The van der Waals surface area contributed by atoms with E-state index in [4.69, 9.17) is 5.26 Å². The summed E-state index contributed by atoms with van der Waals surface area (Å²) < 4.78 is 42.8. The standard InChI is InChI=1S/C12H10F3NO2S/c1-2-18-10(17)5-7-3-8(6-16)11(9(19)4-7)12(13,14)15/h3-4,19H,2,5H2,1H3. The number of hydrogen-bond donors (Lipinski definition) is 1. The van der Waals surface area contributed by atoms with Gasteiger partial charge < -0.3 is 4.74 Å². The minimum absolute atomic E-state index is 0.179. The predicted molar refractivity (Wildman–Crippen MR) is 63.7 cm³/mol. The molecule has 1 aromatic rings. The highest BCUT2D eigenvalue weighted by Gasteiger charge is 2.36. The molecule has 1 rings (SSSR count). The molecule has 102 valence electrons. The maximum Gasteiger partial charge on any atom is 0.418 e. The first-order chi connectivity index (χ1) is 8.79. The fraction of sp³-hybridized carbons (Fsp3) is 0.333. The van der Waals surface area contributed by atoms with Crippen LogP contribution in [0.15, 0.2) is 17.0 Å². The van der Waals surface area contributed by atoms with Gasteiger partial charge in [-0.1, -0.05) is 0 Å². The molecule has 0 N–H and O–H groups in total. The lowest BCUT2D eigenvalue weighted by atomic mass is 10.0. The van der Waals surface area contributed by atoms with Gasteiger partial charge in [-0.05, 0) is 24.6 Å². The zero-order valence-corrected chi connectivity index (χ0v) is 10.8. The van der Waals surface area contributed by atoms with Crippen LogP contribution in [0.2, 0.25) is 0 Å². The molecule has 0 aliphatic rings. The molecule has 0 unspecified atom stereocenters. The summed E-state index contributed by atoms with van der Waals surface area (Å²) >= 11 is 3.74. The van der Waals surface area contributed by atoms with Crippen LogP contribution in [0, 0.1) is 11.3 Å². The SMILES string of the molecule is CCOC(=O)Cc1cc(S)c(C(F)(F)F)c(C#N)c1. The average Bonchev–Trinajstić information content (AvgIpc) is 2.26.